The molecular weight excluding hydrogens is 416 g/mol. The van der Waals surface area contributed by atoms with Gasteiger partial charge in [0.2, 0.25) is 0 Å². The molecule has 0 saturated heterocycles. The molecule has 0 spiro atoms. The van der Waals surface area contributed by atoms with E-state index in [1.54, 1.807) is 0 Å². The lowest BCUT2D eigenvalue weighted by Crippen LogP contribution is -2.16. The van der Waals surface area contributed by atoms with Gasteiger partial charge in [0.25, 0.3) is 0 Å². The maximum atomic E-state index is 9.24. The van der Waals surface area contributed by atoms with Crippen LogP contribution in [0.15, 0.2) is 18.2 Å². The summed E-state index contributed by atoms with van der Waals surface area (Å²) < 4.78 is 2.39. The first-order valence-electron chi connectivity index (χ1n) is 14.2. The Hall–Kier alpha value is -1.86. The van der Waals surface area contributed by atoms with E-state index < -0.39 is 0 Å². The van der Waals surface area contributed by atoms with Gasteiger partial charge in [-0.15, -0.1) is 0 Å². The van der Waals surface area contributed by atoms with E-state index in [2.05, 4.69) is 42.6 Å². The number of nitrogens with zero attached hydrogens (tertiary/aromatic N) is 4. The normalized spacial score (nSPS) is 11.5. The molecule has 0 atom stereocenters. The average molecular weight is 467 g/mol. The minimum atomic E-state index is 0.698. The van der Waals surface area contributed by atoms with Crippen LogP contribution in [0.4, 0.5) is 0 Å². The lowest BCUT2D eigenvalue weighted by molar-refractivity contribution is 0.386. The molecule has 0 unspecified atom stereocenters. The number of nitriles is 1. The third kappa shape index (κ3) is 11.0. The van der Waals surface area contributed by atoms with Crippen molar-refractivity contribution in [2.45, 2.75) is 123 Å². The lowest BCUT2D eigenvalue weighted by Gasteiger charge is -2.12. The molecule has 1 heterocycles. The van der Waals surface area contributed by atoms with Crippen molar-refractivity contribution in [1.29, 1.82) is 5.26 Å². The number of hydrogen-bond donors (Lipinski definition) is 0. The maximum Gasteiger partial charge on any atom is 0.109 e. The highest BCUT2D eigenvalue weighted by molar-refractivity contribution is 5.77. The topological polar surface area (TPSA) is 44.9 Å². The van der Waals surface area contributed by atoms with Crippen LogP contribution < -0.4 is 0 Å². The zero-order valence-electron chi connectivity index (χ0n) is 22.5. The number of rotatable bonds is 20. The first kappa shape index (κ1) is 28.4. The molecule has 1 aromatic carbocycles. The van der Waals surface area contributed by atoms with Gasteiger partial charge in [0.15, 0.2) is 0 Å². The predicted molar refractivity (Wildman–Crippen MR) is 146 cm³/mol. The first-order valence-corrected chi connectivity index (χ1v) is 14.2. The van der Waals surface area contributed by atoms with Crippen LogP contribution in [-0.2, 0) is 13.0 Å². The van der Waals surface area contributed by atoms with Crippen LogP contribution in [-0.4, -0.2) is 35.1 Å². The van der Waals surface area contributed by atoms with E-state index in [0.717, 1.165) is 31.4 Å². The third-order valence-corrected chi connectivity index (χ3v) is 6.95. The Morgan fingerprint density at radius 1 is 0.794 bits per heavy atom. The van der Waals surface area contributed by atoms with E-state index >= 15 is 0 Å². The van der Waals surface area contributed by atoms with Gasteiger partial charge in [-0.1, -0.05) is 96.8 Å². The summed E-state index contributed by atoms with van der Waals surface area (Å²) in [6, 6.07) is 8.18. The number of fused-ring (bicyclic) bond motifs is 1. The van der Waals surface area contributed by atoms with Crippen LogP contribution in [0.25, 0.3) is 11.0 Å². The Labute approximate surface area is 209 Å². The Morgan fingerprint density at radius 2 is 1.35 bits per heavy atom. The lowest BCUT2D eigenvalue weighted by atomic mass is 10.0. The Bertz CT molecular complexity index is 830. The Balaban J connectivity index is 1.62. The summed E-state index contributed by atoms with van der Waals surface area (Å²) in [5.41, 5.74) is 2.84. The van der Waals surface area contributed by atoms with Crippen molar-refractivity contribution in [2.75, 3.05) is 20.6 Å². The minimum absolute atomic E-state index is 0.698. The van der Waals surface area contributed by atoms with Crippen LogP contribution >= 0.6 is 0 Å². The van der Waals surface area contributed by atoms with Crippen molar-refractivity contribution in [2.24, 2.45) is 0 Å². The van der Waals surface area contributed by atoms with Gasteiger partial charge >= 0.3 is 0 Å². The molecule has 0 fully saturated rings. The van der Waals surface area contributed by atoms with Crippen LogP contribution in [0.1, 0.15) is 121 Å². The molecule has 0 bridgehead atoms. The Kier molecular flexibility index (Phi) is 14.7. The number of unbranched alkanes of at least 4 members (excludes halogenated alkanes) is 14. The van der Waals surface area contributed by atoms with E-state index in [4.69, 9.17) is 4.98 Å². The summed E-state index contributed by atoms with van der Waals surface area (Å²) in [5.74, 6) is 1.19. The highest BCUT2D eigenvalue weighted by Crippen LogP contribution is 2.21. The first-order chi connectivity index (χ1) is 16.7. The number of aromatic nitrogens is 2. The van der Waals surface area contributed by atoms with E-state index in [1.165, 1.54) is 108 Å². The van der Waals surface area contributed by atoms with E-state index in [9.17, 15) is 5.26 Å². The van der Waals surface area contributed by atoms with Crippen molar-refractivity contribution in [1.82, 2.24) is 14.5 Å². The molecule has 2 rings (SSSR count). The zero-order chi connectivity index (χ0) is 24.4. The zero-order valence-corrected chi connectivity index (χ0v) is 22.5. The van der Waals surface area contributed by atoms with Gasteiger partial charge in [-0.2, -0.15) is 5.26 Å². The number of imidazole rings is 1. The predicted octanol–water partition coefficient (Wildman–Crippen LogP) is 8.27. The summed E-state index contributed by atoms with van der Waals surface area (Å²) in [5, 5.41) is 9.24. The summed E-state index contributed by atoms with van der Waals surface area (Å²) in [4.78, 5) is 7.16. The van der Waals surface area contributed by atoms with Crippen molar-refractivity contribution in [3.63, 3.8) is 0 Å². The van der Waals surface area contributed by atoms with E-state index in [-0.39, 0.29) is 0 Å². The van der Waals surface area contributed by atoms with E-state index in [1.807, 2.05) is 12.1 Å². The molecule has 2 aromatic rings. The molecule has 1 aromatic heterocycles. The highest BCUT2D eigenvalue weighted by atomic mass is 15.1. The molecular formula is C30H50N4. The summed E-state index contributed by atoms with van der Waals surface area (Å²) in [6.45, 7) is 4.36. The molecule has 4 nitrogen and oxygen atoms in total. The van der Waals surface area contributed by atoms with Gasteiger partial charge in [-0.05, 0) is 51.7 Å². The molecule has 0 N–H and O–H groups in total. The standard InChI is InChI=1S/C30H50N4/c1-4-5-6-7-8-9-10-11-12-13-14-15-16-17-18-20-30-32-28-25-27(26-31)21-22-29(28)34(30)24-19-23-33(2)3/h21-22,25H,4-20,23-24H2,1-3H3. The van der Waals surface area contributed by atoms with Crippen molar-refractivity contribution in [3.05, 3.63) is 29.6 Å². The molecule has 0 radical (unpaired) electrons. The molecule has 34 heavy (non-hydrogen) atoms. The second kappa shape index (κ2) is 17.6. The van der Waals surface area contributed by atoms with E-state index in [0.29, 0.717) is 5.56 Å². The monoisotopic (exact) mass is 466 g/mol. The molecule has 0 saturated carbocycles. The van der Waals surface area contributed by atoms with Crippen molar-refractivity contribution >= 4 is 11.0 Å². The molecule has 4 heteroatoms. The highest BCUT2D eigenvalue weighted by Gasteiger charge is 2.11. The van der Waals surface area contributed by atoms with Gasteiger partial charge in [0, 0.05) is 13.0 Å². The molecule has 0 amide bonds. The number of benzene rings is 1. The fourth-order valence-electron chi connectivity index (χ4n) is 4.89. The smallest absolute Gasteiger partial charge is 0.109 e. The summed E-state index contributed by atoms with van der Waals surface area (Å²) in [6.07, 6.45) is 23.0. The average Bonchev–Trinajstić information content (AvgIpc) is 3.17. The summed E-state index contributed by atoms with van der Waals surface area (Å²) >= 11 is 0. The molecule has 0 aliphatic rings. The maximum absolute atomic E-state index is 9.24. The van der Waals surface area contributed by atoms with Gasteiger partial charge < -0.3 is 9.47 Å². The Morgan fingerprint density at radius 3 is 1.88 bits per heavy atom. The van der Waals surface area contributed by atoms with Crippen LogP contribution in [0.3, 0.4) is 0 Å². The fourth-order valence-corrected chi connectivity index (χ4v) is 4.89. The quantitative estimate of drug-likeness (QED) is 0.184. The SMILES string of the molecule is CCCCCCCCCCCCCCCCCc1nc2cc(C#N)ccc2n1CCCN(C)C. The molecule has 190 valence electrons. The van der Waals surface area contributed by atoms with Crippen LogP contribution in [0.2, 0.25) is 0 Å². The van der Waals surface area contributed by atoms with Gasteiger partial charge in [-0.3, -0.25) is 0 Å². The second-order valence-electron chi connectivity index (χ2n) is 10.4. The second-order valence-corrected chi connectivity index (χ2v) is 10.4. The van der Waals surface area contributed by atoms with Crippen molar-refractivity contribution in [3.8, 4) is 6.07 Å². The molecule has 0 aliphatic heterocycles. The van der Waals surface area contributed by atoms with Crippen LogP contribution in [0, 0.1) is 11.3 Å². The number of hydrogen-bond acceptors (Lipinski definition) is 3. The van der Waals surface area contributed by atoms with Crippen molar-refractivity contribution < 1.29 is 0 Å². The van der Waals surface area contributed by atoms with Gasteiger partial charge in [0.1, 0.15) is 5.82 Å². The fraction of sp³-hybridized carbons (Fsp3) is 0.733. The van der Waals surface area contributed by atoms with Gasteiger partial charge in [0.05, 0.1) is 22.7 Å². The minimum Gasteiger partial charge on any atom is -0.328 e. The number of aryl methyl sites for hydroxylation is 2. The molecule has 0 aliphatic carbocycles. The van der Waals surface area contributed by atoms with Gasteiger partial charge in [-0.25, -0.2) is 4.98 Å². The third-order valence-electron chi connectivity index (χ3n) is 6.95. The van der Waals surface area contributed by atoms with Crippen LogP contribution in [0.5, 0.6) is 0 Å². The largest absolute Gasteiger partial charge is 0.328 e. The summed E-state index contributed by atoms with van der Waals surface area (Å²) in [7, 11) is 4.25.